The topological polar surface area (TPSA) is 99.7 Å². The molecule has 104 valence electrons. The predicted molar refractivity (Wildman–Crippen MR) is 70.7 cm³/mol. The van der Waals surface area contributed by atoms with Gasteiger partial charge < -0.3 is 20.8 Å². The van der Waals surface area contributed by atoms with Gasteiger partial charge in [0.15, 0.2) is 0 Å². The van der Waals surface area contributed by atoms with Gasteiger partial charge in [0.25, 0.3) is 0 Å². The molecule has 0 aliphatic carbocycles. The van der Waals surface area contributed by atoms with Gasteiger partial charge in [0.05, 0.1) is 6.10 Å². The van der Waals surface area contributed by atoms with Crippen LogP contribution in [0.1, 0.15) is 18.5 Å². The summed E-state index contributed by atoms with van der Waals surface area (Å²) in [5, 5.41) is 19.1. The van der Waals surface area contributed by atoms with Crippen molar-refractivity contribution in [2.75, 3.05) is 18.8 Å². The van der Waals surface area contributed by atoms with Crippen LogP contribution in [0, 0.1) is 5.92 Å². The molecule has 0 radical (unpaired) electrons. The van der Waals surface area contributed by atoms with Crippen molar-refractivity contribution in [3.8, 4) is 0 Å². The second-order valence-corrected chi connectivity index (χ2v) is 4.93. The average Bonchev–Trinajstić information content (AvgIpc) is 2.39. The molecule has 1 aliphatic heterocycles. The molecule has 6 heteroatoms. The largest absolute Gasteiger partial charge is 0.465 e. The Morgan fingerprint density at radius 2 is 2.16 bits per heavy atom. The maximum absolute atomic E-state index is 10.8. The number of pyridine rings is 1. The zero-order valence-corrected chi connectivity index (χ0v) is 10.7. The van der Waals surface area contributed by atoms with Crippen molar-refractivity contribution in [2.45, 2.75) is 25.4 Å². The average molecular weight is 265 g/mol. The number of rotatable bonds is 3. The van der Waals surface area contributed by atoms with E-state index in [0.717, 1.165) is 5.69 Å². The number of nitrogens with two attached hydrogens (primary N) is 1. The highest BCUT2D eigenvalue weighted by Gasteiger charge is 2.27. The van der Waals surface area contributed by atoms with Gasteiger partial charge in [-0.2, -0.15) is 0 Å². The van der Waals surface area contributed by atoms with Crippen LogP contribution in [-0.4, -0.2) is 45.4 Å². The van der Waals surface area contributed by atoms with Crippen molar-refractivity contribution in [3.63, 3.8) is 0 Å². The molecule has 19 heavy (non-hydrogen) atoms. The molecule has 0 aromatic carbocycles. The maximum atomic E-state index is 10.8. The molecular formula is C13H19N3O3. The number of nitrogen functional groups attached to an aromatic ring is 1. The molecule has 0 bridgehead atoms. The molecule has 1 amide bonds. The third-order valence-electron chi connectivity index (χ3n) is 3.60. The first-order valence-corrected chi connectivity index (χ1v) is 6.43. The van der Waals surface area contributed by atoms with Gasteiger partial charge in [-0.3, -0.25) is 0 Å². The number of nitrogens with zero attached hydrogens (tertiary/aromatic N) is 2. The normalized spacial score (nSPS) is 18.3. The molecule has 1 saturated heterocycles. The van der Waals surface area contributed by atoms with Gasteiger partial charge in [-0.15, -0.1) is 0 Å². The van der Waals surface area contributed by atoms with Crippen molar-refractivity contribution < 1.29 is 15.0 Å². The van der Waals surface area contributed by atoms with Crippen LogP contribution in [0.4, 0.5) is 10.6 Å². The van der Waals surface area contributed by atoms with Crippen LogP contribution < -0.4 is 5.73 Å². The summed E-state index contributed by atoms with van der Waals surface area (Å²) in [5.74, 6) is 0.573. The number of likely N-dealkylation sites (tertiary alicyclic amines) is 1. The fraction of sp³-hybridized carbons (Fsp3) is 0.538. The minimum Gasteiger partial charge on any atom is -0.465 e. The van der Waals surface area contributed by atoms with Crippen molar-refractivity contribution in [3.05, 3.63) is 23.9 Å². The van der Waals surface area contributed by atoms with Crippen molar-refractivity contribution >= 4 is 11.9 Å². The predicted octanol–water partition coefficient (Wildman–Crippen LogP) is 0.957. The highest BCUT2D eigenvalue weighted by molar-refractivity contribution is 5.64. The van der Waals surface area contributed by atoms with E-state index >= 15 is 0 Å². The Labute approximate surface area is 111 Å². The van der Waals surface area contributed by atoms with Crippen molar-refractivity contribution in [1.82, 2.24) is 9.88 Å². The minimum absolute atomic E-state index is 0.124. The van der Waals surface area contributed by atoms with Gasteiger partial charge in [-0.1, -0.05) is 6.07 Å². The number of carboxylic acid groups (broad SMARTS) is 1. The number of aliphatic hydroxyl groups is 1. The molecule has 6 nitrogen and oxygen atoms in total. The first kappa shape index (κ1) is 13.6. The summed E-state index contributed by atoms with van der Waals surface area (Å²) in [7, 11) is 0. The van der Waals surface area contributed by atoms with Gasteiger partial charge in [0.2, 0.25) is 0 Å². The second kappa shape index (κ2) is 5.88. The third kappa shape index (κ3) is 3.57. The van der Waals surface area contributed by atoms with Gasteiger partial charge in [0, 0.05) is 25.2 Å². The Balaban J connectivity index is 1.88. The zero-order chi connectivity index (χ0) is 13.8. The Morgan fingerprint density at radius 1 is 1.47 bits per heavy atom. The lowest BCUT2D eigenvalue weighted by Crippen LogP contribution is -2.41. The van der Waals surface area contributed by atoms with Gasteiger partial charge >= 0.3 is 6.09 Å². The summed E-state index contributed by atoms with van der Waals surface area (Å²) in [6.07, 6.45) is 0.463. The summed E-state index contributed by atoms with van der Waals surface area (Å²) < 4.78 is 0. The van der Waals surface area contributed by atoms with Crippen molar-refractivity contribution in [2.24, 2.45) is 5.92 Å². The molecule has 1 unspecified atom stereocenters. The number of hydrogen-bond donors (Lipinski definition) is 3. The third-order valence-corrected chi connectivity index (χ3v) is 3.60. The SMILES string of the molecule is Nc1cccc(CC(O)C2CCN(C(=O)O)CC2)n1. The summed E-state index contributed by atoms with van der Waals surface area (Å²) in [6.45, 7) is 0.975. The molecule has 0 saturated carbocycles. The molecular weight excluding hydrogens is 246 g/mol. The number of aliphatic hydroxyl groups excluding tert-OH is 1. The van der Waals surface area contributed by atoms with E-state index in [1.54, 1.807) is 6.07 Å². The fourth-order valence-electron chi connectivity index (χ4n) is 2.47. The van der Waals surface area contributed by atoms with Crippen LogP contribution in [-0.2, 0) is 6.42 Å². The number of aromatic nitrogens is 1. The lowest BCUT2D eigenvalue weighted by molar-refractivity contribution is 0.0576. The lowest BCUT2D eigenvalue weighted by Gasteiger charge is -2.32. The summed E-state index contributed by atoms with van der Waals surface area (Å²) in [5.41, 5.74) is 6.37. The highest BCUT2D eigenvalue weighted by Crippen LogP contribution is 2.22. The summed E-state index contributed by atoms with van der Waals surface area (Å²) >= 11 is 0. The van der Waals surface area contributed by atoms with E-state index in [0.29, 0.717) is 38.2 Å². The van der Waals surface area contributed by atoms with Gasteiger partial charge in [-0.05, 0) is 30.9 Å². The maximum Gasteiger partial charge on any atom is 0.407 e. The van der Waals surface area contributed by atoms with Gasteiger partial charge in [0.1, 0.15) is 5.82 Å². The van der Waals surface area contributed by atoms with Gasteiger partial charge in [-0.25, -0.2) is 9.78 Å². The number of hydrogen-bond acceptors (Lipinski definition) is 4. The van der Waals surface area contributed by atoms with Crippen molar-refractivity contribution in [1.29, 1.82) is 0 Å². The Morgan fingerprint density at radius 3 is 2.74 bits per heavy atom. The molecule has 1 fully saturated rings. The van der Waals surface area contributed by atoms with E-state index in [1.807, 2.05) is 12.1 Å². The minimum atomic E-state index is -0.884. The second-order valence-electron chi connectivity index (χ2n) is 4.93. The van der Waals surface area contributed by atoms with E-state index in [-0.39, 0.29) is 5.92 Å². The Hall–Kier alpha value is -1.82. The standard InChI is InChI=1S/C13H19N3O3/c14-12-3-1-2-10(15-12)8-11(17)9-4-6-16(7-5-9)13(18)19/h1-3,9,11,17H,4-8H2,(H2,14,15)(H,18,19). The molecule has 4 N–H and O–H groups in total. The fourth-order valence-corrected chi connectivity index (χ4v) is 2.47. The van der Waals surface area contributed by atoms with E-state index in [1.165, 1.54) is 4.90 Å². The molecule has 2 heterocycles. The number of anilines is 1. The van der Waals surface area contributed by atoms with E-state index in [2.05, 4.69) is 4.98 Å². The number of piperidine rings is 1. The smallest absolute Gasteiger partial charge is 0.407 e. The molecule has 1 atom stereocenters. The van der Waals surface area contributed by atoms with E-state index in [9.17, 15) is 9.90 Å². The number of carbonyl (C=O) groups is 1. The van der Waals surface area contributed by atoms with Crippen LogP contribution >= 0.6 is 0 Å². The van der Waals surface area contributed by atoms with Crippen LogP contribution in [0.15, 0.2) is 18.2 Å². The Bertz CT molecular complexity index is 445. The van der Waals surface area contributed by atoms with Crippen LogP contribution in [0.2, 0.25) is 0 Å². The molecule has 1 aromatic rings. The quantitative estimate of drug-likeness (QED) is 0.755. The molecule has 1 aliphatic rings. The lowest BCUT2D eigenvalue weighted by atomic mass is 9.89. The summed E-state index contributed by atoms with van der Waals surface area (Å²) in [4.78, 5) is 16.4. The van der Waals surface area contributed by atoms with E-state index in [4.69, 9.17) is 10.8 Å². The first-order valence-electron chi connectivity index (χ1n) is 6.43. The molecule has 2 rings (SSSR count). The Kier molecular flexibility index (Phi) is 4.21. The molecule has 1 aromatic heterocycles. The van der Waals surface area contributed by atoms with Crippen LogP contribution in [0.25, 0.3) is 0 Å². The molecule has 0 spiro atoms. The summed E-state index contributed by atoms with van der Waals surface area (Å²) in [6, 6.07) is 5.37. The first-order chi connectivity index (χ1) is 9.06. The van der Waals surface area contributed by atoms with E-state index < -0.39 is 12.2 Å². The number of amides is 1. The monoisotopic (exact) mass is 265 g/mol. The van der Waals surface area contributed by atoms with Crippen LogP contribution in [0.3, 0.4) is 0 Å². The highest BCUT2D eigenvalue weighted by atomic mass is 16.4. The zero-order valence-electron chi connectivity index (χ0n) is 10.7. The van der Waals surface area contributed by atoms with Crippen LogP contribution in [0.5, 0.6) is 0 Å².